The lowest BCUT2D eigenvalue weighted by molar-refractivity contribution is -0.110. The lowest BCUT2D eigenvalue weighted by Gasteiger charge is -2.19. The van der Waals surface area contributed by atoms with Gasteiger partial charge in [0.05, 0.1) is 5.69 Å². The highest BCUT2D eigenvalue weighted by atomic mass is 35.5. The summed E-state index contributed by atoms with van der Waals surface area (Å²) in [6.45, 7) is 5.34. The number of carbonyl (C=O) groups is 2. The van der Waals surface area contributed by atoms with Gasteiger partial charge < -0.3 is 10.1 Å². The molecular formula is C20H18Cl2N2O3. The van der Waals surface area contributed by atoms with Crippen molar-refractivity contribution in [3.8, 4) is 0 Å². The van der Waals surface area contributed by atoms with Crippen LogP contribution in [0.2, 0.25) is 10.0 Å². The van der Waals surface area contributed by atoms with E-state index in [9.17, 15) is 9.59 Å². The summed E-state index contributed by atoms with van der Waals surface area (Å²) in [5.41, 5.74) is 2.44. The molecule has 2 N–H and O–H groups in total. The highest BCUT2D eigenvalue weighted by molar-refractivity contribution is 6.37. The van der Waals surface area contributed by atoms with Crippen LogP contribution in [-0.4, -0.2) is 17.6 Å². The van der Waals surface area contributed by atoms with Crippen LogP contribution in [0.3, 0.4) is 0 Å². The van der Waals surface area contributed by atoms with Gasteiger partial charge in [0.2, 0.25) is 0 Å². The van der Waals surface area contributed by atoms with Crippen LogP contribution < -0.4 is 10.6 Å². The smallest absolute Gasteiger partial charge is 0.412 e. The molecule has 0 aliphatic carbocycles. The highest BCUT2D eigenvalue weighted by Crippen LogP contribution is 2.35. The third kappa shape index (κ3) is 4.81. The van der Waals surface area contributed by atoms with Crippen molar-refractivity contribution in [2.45, 2.75) is 26.4 Å². The Morgan fingerprint density at radius 2 is 1.85 bits per heavy atom. The van der Waals surface area contributed by atoms with Crippen LogP contribution >= 0.6 is 23.2 Å². The predicted molar refractivity (Wildman–Crippen MR) is 109 cm³/mol. The van der Waals surface area contributed by atoms with E-state index in [4.69, 9.17) is 27.9 Å². The first-order valence-electron chi connectivity index (χ1n) is 8.24. The van der Waals surface area contributed by atoms with Crippen molar-refractivity contribution in [3.05, 3.63) is 57.6 Å². The zero-order chi connectivity index (χ0) is 19.8. The topological polar surface area (TPSA) is 67.4 Å². The summed E-state index contributed by atoms with van der Waals surface area (Å²) in [7, 11) is 0. The quantitative estimate of drug-likeness (QED) is 0.618. The number of rotatable bonds is 2. The van der Waals surface area contributed by atoms with Gasteiger partial charge in [0.15, 0.2) is 0 Å². The number of halogens is 2. The third-order valence-corrected chi connectivity index (χ3v) is 4.09. The van der Waals surface area contributed by atoms with Gasteiger partial charge >= 0.3 is 6.09 Å². The Labute approximate surface area is 167 Å². The van der Waals surface area contributed by atoms with Crippen molar-refractivity contribution in [2.75, 3.05) is 10.6 Å². The zero-order valence-corrected chi connectivity index (χ0v) is 16.5. The number of hydrogen-bond acceptors (Lipinski definition) is 3. The van der Waals surface area contributed by atoms with Gasteiger partial charge in [0, 0.05) is 26.9 Å². The fraction of sp³-hybridized carbons (Fsp3) is 0.200. The molecule has 7 heteroatoms. The average molecular weight is 405 g/mol. The summed E-state index contributed by atoms with van der Waals surface area (Å²) in [5, 5.41) is 6.40. The maximum Gasteiger partial charge on any atom is 0.412 e. The Kier molecular flexibility index (Phi) is 5.18. The van der Waals surface area contributed by atoms with Crippen LogP contribution in [0.25, 0.3) is 11.6 Å². The molecule has 0 radical (unpaired) electrons. The minimum Gasteiger partial charge on any atom is -0.444 e. The minimum absolute atomic E-state index is 0.228. The Bertz CT molecular complexity index is 962. The molecule has 140 valence electrons. The van der Waals surface area contributed by atoms with Crippen molar-refractivity contribution in [1.29, 1.82) is 0 Å². The molecule has 0 fully saturated rings. The van der Waals surface area contributed by atoms with E-state index in [0.717, 1.165) is 5.56 Å². The summed E-state index contributed by atoms with van der Waals surface area (Å²) in [4.78, 5) is 24.3. The number of amides is 2. The third-order valence-electron chi connectivity index (χ3n) is 3.64. The maximum absolute atomic E-state index is 12.3. The number of carbonyl (C=O) groups excluding carboxylic acids is 2. The molecule has 5 nitrogen and oxygen atoms in total. The summed E-state index contributed by atoms with van der Waals surface area (Å²) >= 11 is 12.1. The minimum atomic E-state index is -0.611. The normalized spacial score (nSPS) is 14.7. The van der Waals surface area contributed by atoms with Crippen LogP contribution in [-0.2, 0) is 9.53 Å². The van der Waals surface area contributed by atoms with E-state index in [1.54, 1.807) is 63.2 Å². The molecule has 0 aromatic heterocycles. The first-order chi connectivity index (χ1) is 12.6. The number of nitrogens with one attached hydrogen (secondary N) is 2. The monoisotopic (exact) mass is 404 g/mol. The van der Waals surface area contributed by atoms with Gasteiger partial charge in [-0.2, -0.15) is 0 Å². The second kappa shape index (κ2) is 7.25. The fourth-order valence-electron chi connectivity index (χ4n) is 2.67. The molecule has 1 aliphatic heterocycles. The van der Waals surface area contributed by atoms with Gasteiger partial charge in [-0.25, -0.2) is 4.79 Å². The lowest BCUT2D eigenvalue weighted by atomic mass is 10.0. The molecule has 1 aliphatic rings. The lowest BCUT2D eigenvalue weighted by Crippen LogP contribution is -2.27. The van der Waals surface area contributed by atoms with Crippen molar-refractivity contribution in [2.24, 2.45) is 0 Å². The van der Waals surface area contributed by atoms with E-state index in [0.29, 0.717) is 32.6 Å². The van der Waals surface area contributed by atoms with E-state index in [1.807, 2.05) is 0 Å². The fourth-order valence-corrected chi connectivity index (χ4v) is 3.08. The van der Waals surface area contributed by atoms with Gasteiger partial charge in [-0.3, -0.25) is 10.1 Å². The summed E-state index contributed by atoms with van der Waals surface area (Å²) < 4.78 is 5.24. The van der Waals surface area contributed by atoms with Crippen molar-refractivity contribution >= 4 is 58.2 Å². The Balaban J connectivity index is 1.90. The second-order valence-electron chi connectivity index (χ2n) is 7.10. The number of hydrogen-bond donors (Lipinski definition) is 2. The molecular weight excluding hydrogens is 387 g/mol. The molecule has 2 aromatic rings. The largest absolute Gasteiger partial charge is 0.444 e. The predicted octanol–water partition coefficient (Wildman–Crippen LogP) is 5.83. The summed E-state index contributed by atoms with van der Waals surface area (Å²) in [6.07, 6.45) is 1.13. The van der Waals surface area contributed by atoms with E-state index < -0.39 is 11.7 Å². The summed E-state index contributed by atoms with van der Waals surface area (Å²) in [6, 6.07) is 10.2. The highest BCUT2D eigenvalue weighted by Gasteiger charge is 2.24. The number of benzene rings is 2. The molecule has 0 atom stereocenters. The molecule has 0 saturated carbocycles. The van der Waals surface area contributed by atoms with Gasteiger partial charge in [-0.05, 0) is 62.7 Å². The van der Waals surface area contributed by atoms with Crippen LogP contribution in [0.4, 0.5) is 16.2 Å². The molecule has 0 unspecified atom stereocenters. The first kappa shape index (κ1) is 19.3. The molecule has 0 saturated heterocycles. The van der Waals surface area contributed by atoms with E-state index in [2.05, 4.69) is 10.6 Å². The average Bonchev–Trinajstić information content (AvgIpc) is 2.79. The SMILES string of the molecule is CC(C)(C)OC(=O)Nc1cc(Cl)cc(C=C2C(=O)Nc3cc(Cl)ccc32)c1. The number of anilines is 2. The van der Waals surface area contributed by atoms with Crippen LogP contribution in [0.1, 0.15) is 31.9 Å². The van der Waals surface area contributed by atoms with Gasteiger partial charge in [-0.15, -0.1) is 0 Å². The molecule has 0 bridgehead atoms. The van der Waals surface area contributed by atoms with Gasteiger partial charge in [-0.1, -0.05) is 29.3 Å². The molecule has 2 amide bonds. The number of ether oxygens (including phenoxy) is 1. The molecule has 2 aromatic carbocycles. The Morgan fingerprint density at radius 1 is 1.11 bits per heavy atom. The van der Waals surface area contributed by atoms with Crippen LogP contribution in [0.15, 0.2) is 36.4 Å². The van der Waals surface area contributed by atoms with Crippen molar-refractivity contribution < 1.29 is 14.3 Å². The van der Waals surface area contributed by atoms with E-state index >= 15 is 0 Å². The Morgan fingerprint density at radius 3 is 2.56 bits per heavy atom. The Hall–Kier alpha value is -2.50. The van der Waals surface area contributed by atoms with Crippen LogP contribution in [0.5, 0.6) is 0 Å². The summed E-state index contributed by atoms with van der Waals surface area (Å²) in [5.74, 6) is -0.228. The molecule has 1 heterocycles. The zero-order valence-electron chi connectivity index (χ0n) is 15.0. The standard InChI is InChI=1S/C20H18Cl2N2O3/c1-20(2,3)27-19(26)23-14-7-11(6-13(22)9-14)8-16-15-5-4-12(21)10-17(15)24-18(16)25/h4-10H,1-3H3,(H,23,26)(H,24,25). The maximum atomic E-state index is 12.3. The molecule has 3 rings (SSSR count). The first-order valence-corrected chi connectivity index (χ1v) is 9.00. The van der Waals surface area contributed by atoms with E-state index in [-0.39, 0.29) is 5.91 Å². The van der Waals surface area contributed by atoms with Crippen molar-refractivity contribution in [1.82, 2.24) is 0 Å². The molecule has 0 spiro atoms. The second-order valence-corrected chi connectivity index (χ2v) is 7.98. The van der Waals surface area contributed by atoms with Crippen LogP contribution in [0, 0.1) is 0 Å². The number of fused-ring (bicyclic) bond motifs is 1. The van der Waals surface area contributed by atoms with Crippen molar-refractivity contribution in [3.63, 3.8) is 0 Å². The van der Waals surface area contributed by atoms with Gasteiger partial charge in [0.1, 0.15) is 5.60 Å². The van der Waals surface area contributed by atoms with Gasteiger partial charge in [0.25, 0.3) is 5.91 Å². The van der Waals surface area contributed by atoms with E-state index in [1.165, 1.54) is 0 Å². The molecule has 27 heavy (non-hydrogen) atoms.